The zero-order chi connectivity index (χ0) is 18.3. The number of hydrogen-bond donors (Lipinski definition) is 5. The molecule has 0 unspecified atom stereocenters. The van der Waals surface area contributed by atoms with E-state index < -0.39 is 5.97 Å². The zero-order valence-corrected chi connectivity index (χ0v) is 15.0. The van der Waals surface area contributed by atoms with Gasteiger partial charge in [-0.3, -0.25) is 9.69 Å². The molecule has 0 fully saturated rings. The molecule has 7 heteroatoms. The number of rotatable bonds is 15. The fourth-order valence-corrected chi connectivity index (χ4v) is 2.52. The number of anilines is 1. The Labute approximate surface area is 150 Å². The van der Waals surface area contributed by atoms with Crippen LogP contribution in [0.2, 0.25) is 0 Å². The summed E-state index contributed by atoms with van der Waals surface area (Å²) < 4.78 is 0. The van der Waals surface area contributed by atoms with Crippen molar-refractivity contribution in [3.63, 3.8) is 0 Å². The normalized spacial score (nSPS) is 11.1. The van der Waals surface area contributed by atoms with Crippen molar-refractivity contribution in [3.05, 3.63) is 29.8 Å². The Morgan fingerprint density at radius 1 is 1.00 bits per heavy atom. The third-order valence-electron chi connectivity index (χ3n) is 3.92. The number of carbonyl (C=O) groups is 1. The highest BCUT2D eigenvalue weighted by atomic mass is 16.4. The van der Waals surface area contributed by atoms with Gasteiger partial charge in [-0.05, 0) is 69.7 Å². The summed E-state index contributed by atoms with van der Waals surface area (Å²) in [6.07, 6.45) is 2.83. The molecule has 0 spiro atoms. The maximum atomic E-state index is 11.0. The third-order valence-corrected chi connectivity index (χ3v) is 3.92. The van der Waals surface area contributed by atoms with Gasteiger partial charge in [-0.1, -0.05) is 12.1 Å². The largest absolute Gasteiger partial charge is 0.480 e. The number of nitrogens with zero attached hydrogens (tertiary/aromatic N) is 1. The standard InChI is InChI=1S/C18H33N5O2/c19-8-1-9-22-12-14-23(15-18(24)25)13-2-10-21-11-7-16-3-5-17(20)6-4-16/h3-6,21-22H,1-2,7-15,19-20H2,(H,24,25). The number of aliphatic carboxylic acids is 1. The van der Waals surface area contributed by atoms with E-state index in [1.807, 2.05) is 29.2 Å². The summed E-state index contributed by atoms with van der Waals surface area (Å²) in [5, 5.41) is 15.7. The van der Waals surface area contributed by atoms with Gasteiger partial charge in [0.2, 0.25) is 0 Å². The van der Waals surface area contributed by atoms with E-state index in [1.54, 1.807) is 0 Å². The van der Waals surface area contributed by atoms with Crippen molar-refractivity contribution >= 4 is 11.7 Å². The molecule has 0 saturated carbocycles. The van der Waals surface area contributed by atoms with Crippen LogP contribution in [0.1, 0.15) is 18.4 Å². The molecule has 0 saturated heterocycles. The summed E-state index contributed by atoms with van der Waals surface area (Å²) in [5.74, 6) is -0.779. The minimum absolute atomic E-state index is 0.0873. The van der Waals surface area contributed by atoms with Crippen LogP contribution in [0.3, 0.4) is 0 Å². The van der Waals surface area contributed by atoms with Crippen molar-refractivity contribution in [2.75, 3.05) is 58.1 Å². The van der Waals surface area contributed by atoms with Crippen molar-refractivity contribution in [1.82, 2.24) is 15.5 Å². The van der Waals surface area contributed by atoms with Crippen LogP contribution >= 0.6 is 0 Å². The molecular weight excluding hydrogens is 318 g/mol. The summed E-state index contributed by atoms with van der Waals surface area (Å²) in [4.78, 5) is 12.9. The second-order valence-corrected chi connectivity index (χ2v) is 6.16. The molecule has 0 bridgehead atoms. The molecule has 7 nitrogen and oxygen atoms in total. The summed E-state index contributed by atoms with van der Waals surface area (Å²) >= 11 is 0. The number of carboxylic acids is 1. The van der Waals surface area contributed by atoms with Gasteiger partial charge in [0.05, 0.1) is 6.54 Å². The molecule has 25 heavy (non-hydrogen) atoms. The summed E-state index contributed by atoms with van der Waals surface area (Å²) in [7, 11) is 0. The van der Waals surface area contributed by atoms with Crippen LogP contribution in [0.5, 0.6) is 0 Å². The van der Waals surface area contributed by atoms with Crippen LogP contribution in [0, 0.1) is 0 Å². The summed E-state index contributed by atoms with van der Waals surface area (Å²) in [6.45, 7) is 5.73. The Hall–Kier alpha value is -1.67. The maximum absolute atomic E-state index is 11.0. The lowest BCUT2D eigenvalue weighted by Gasteiger charge is -2.20. The molecule has 1 aromatic carbocycles. The number of nitrogens with two attached hydrogens (primary N) is 2. The molecule has 0 heterocycles. The first kappa shape index (κ1) is 21.4. The first-order valence-electron chi connectivity index (χ1n) is 9.02. The highest BCUT2D eigenvalue weighted by Gasteiger charge is 2.08. The first-order chi connectivity index (χ1) is 12.1. The smallest absolute Gasteiger partial charge is 0.317 e. The van der Waals surface area contributed by atoms with Crippen molar-refractivity contribution in [2.24, 2.45) is 5.73 Å². The number of hydrogen-bond acceptors (Lipinski definition) is 6. The molecule has 0 aromatic heterocycles. The lowest BCUT2D eigenvalue weighted by molar-refractivity contribution is -0.138. The summed E-state index contributed by atoms with van der Waals surface area (Å²) in [5.41, 5.74) is 13.2. The first-order valence-corrected chi connectivity index (χ1v) is 9.02. The van der Waals surface area contributed by atoms with E-state index in [4.69, 9.17) is 16.6 Å². The van der Waals surface area contributed by atoms with E-state index in [0.717, 1.165) is 64.2 Å². The van der Waals surface area contributed by atoms with Crippen molar-refractivity contribution in [2.45, 2.75) is 19.3 Å². The van der Waals surface area contributed by atoms with E-state index in [9.17, 15) is 4.79 Å². The SMILES string of the molecule is NCCCNCCN(CCCNCCc1ccc(N)cc1)CC(=O)O. The average Bonchev–Trinajstić information content (AvgIpc) is 2.58. The van der Waals surface area contributed by atoms with Crippen molar-refractivity contribution in [1.29, 1.82) is 0 Å². The Morgan fingerprint density at radius 3 is 2.36 bits per heavy atom. The predicted molar refractivity (Wildman–Crippen MR) is 103 cm³/mol. The topological polar surface area (TPSA) is 117 Å². The van der Waals surface area contributed by atoms with Gasteiger partial charge < -0.3 is 27.2 Å². The van der Waals surface area contributed by atoms with Crippen LogP contribution in [-0.4, -0.2) is 68.3 Å². The fraction of sp³-hybridized carbons (Fsp3) is 0.611. The maximum Gasteiger partial charge on any atom is 0.317 e. The molecular formula is C18H33N5O2. The minimum atomic E-state index is -0.779. The van der Waals surface area contributed by atoms with Crippen molar-refractivity contribution < 1.29 is 9.90 Å². The predicted octanol–water partition coefficient (Wildman–Crippen LogP) is 0.116. The Bertz CT molecular complexity index is 467. The molecule has 0 aliphatic heterocycles. The van der Waals surface area contributed by atoms with E-state index in [0.29, 0.717) is 6.54 Å². The monoisotopic (exact) mass is 351 g/mol. The van der Waals surface area contributed by atoms with E-state index in [-0.39, 0.29) is 6.54 Å². The molecule has 142 valence electrons. The molecule has 0 aliphatic rings. The highest BCUT2D eigenvalue weighted by molar-refractivity contribution is 5.69. The molecule has 0 aliphatic carbocycles. The highest BCUT2D eigenvalue weighted by Crippen LogP contribution is 2.05. The van der Waals surface area contributed by atoms with E-state index in [2.05, 4.69) is 10.6 Å². The Balaban J connectivity index is 2.11. The van der Waals surface area contributed by atoms with Crippen LogP contribution < -0.4 is 22.1 Å². The Morgan fingerprint density at radius 2 is 1.68 bits per heavy atom. The van der Waals surface area contributed by atoms with E-state index in [1.165, 1.54) is 5.56 Å². The number of carboxylic acid groups (broad SMARTS) is 1. The molecule has 1 aromatic rings. The van der Waals surface area contributed by atoms with Crippen LogP contribution in [0.15, 0.2) is 24.3 Å². The van der Waals surface area contributed by atoms with Gasteiger partial charge in [0.1, 0.15) is 0 Å². The van der Waals surface area contributed by atoms with Gasteiger partial charge in [-0.25, -0.2) is 0 Å². The zero-order valence-electron chi connectivity index (χ0n) is 15.0. The lowest BCUT2D eigenvalue weighted by Crippen LogP contribution is -2.37. The van der Waals surface area contributed by atoms with Crippen molar-refractivity contribution in [3.8, 4) is 0 Å². The van der Waals surface area contributed by atoms with Crippen LogP contribution in [0.4, 0.5) is 5.69 Å². The minimum Gasteiger partial charge on any atom is -0.480 e. The number of benzene rings is 1. The number of nitrogens with one attached hydrogen (secondary N) is 2. The van der Waals surface area contributed by atoms with Crippen LogP contribution in [0.25, 0.3) is 0 Å². The van der Waals surface area contributed by atoms with E-state index >= 15 is 0 Å². The summed E-state index contributed by atoms with van der Waals surface area (Å²) in [6, 6.07) is 7.92. The van der Waals surface area contributed by atoms with Gasteiger partial charge in [0, 0.05) is 18.8 Å². The molecule has 0 amide bonds. The van der Waals surface area contributed by atoms with Gasteiger partial charge in [-0.15, -0.1) is 0 Å². The van der Waals surface area contributed by atoms with Gasteiger partial charge >= 0.3 is 5.97 Å². The molecule has 0 radical (unpaired) electrons. The Kier molecular flexibility index (Phi) is 11.6. The second kappa shape index (κ2) is 13.6. The molecule has 1 rings (SSSR count). The molecule has 7 N–H and O–H groups in total. The third kappa shape index (κ3) is 11.5. The van der Waals surface area contributed by atoms with Gasteiger partial charge in [0.15, 0.2) is 0 Å². The lowest BCUT2D eigenvalue weighted by atomic mass is 10.1. The quantitative estimate of drug-likeness (QED) is 0.225. The average molecular weight is 351 g/mol. The van der Waals surface area contributed by atoms with Gasteiger partial charge in [0.25, 0.3) is 0 Å². The second-order valence-electron chi connectivity index (χ2n) is 6.16. The number of nitrogen functional groups attached to an aromatic ring is 1. The van der Waals surface area contributed by atoms with Crippen LogP contribution in [-0.2, 0) is 11.2 Å². The van der Waals surface area contributed by atoms with Gasteiger partial charge in [-0.2, -0.15) is 0 Å². The molecule has 0 atom stereocenters. The fourth-order valence-electron chi connectivity index (χ4n) is 2.52.